The van der Waals surface area contributed by atoms with Crippen molar-refractivity contribution < 1.29 is 9.47 Å². The fraction of sp³-hybridized carbons (Fsp3) is 0.368. The van der Waals surface area contributed by atoms with Gasteiger partial charge in [0.05, 0.1) is 7.11 Å². The van der Waals surface area contributed by atoms with Crippen molar-refractivity contribution >= 4 is 0 Å². The van der Waals surface area contributed by atoms with E-state index in [1.54, 1.807) is 7.11 Å². The Morgan fingerprint density at radius 2 is 1.91 bits per heavy atom. The zero-order valence-electron chi connectivity index (χ0n) is 13.0. The lowest BCUT2D eigenvalue weighted by Gasteiger charge is -2.24. The van der Waals surface area contributed by atoms with Gasteiger partial charge in [-0.2, -0.15) is 0 Å². The standard InChI is InChI=1S/C19H23NO2/c1-21-18-11-10-16(17-9-5-6-12-20-17)13-19(18)22-14-15-7-3-2-4-8-15/h2-4,7-8,10-11,13,17,20H,5-6,9,12,14H2,1H3. The quantitative estimate of drug-likeness (QED) is 0.901. The molecule has 1 fully saturated rings. The zero-order valence-corrected chi connectivity index (χ0v) is 13.0. The Bertz CT molecular complexity index is 592. The number of piperidine rings is 1. The van der Waals surface area contributed by atoms with Crippen LogP contribution in [-0.4, -0.2) is 13.7 Å². The Hall–Kier alpha value is -2.00. The van der Waals surface area contributed by atoms with Crippen LogP contribution >= 0.6 is 0 Å². The average molecular weight is 297 g/mol. The average Bonchev–Trinajstić information content (AvgIpc) is 2.61. The van der Waals surface area contributed by atoms with E-state index < -0.39 is 0 Å². The molecule has 3 heteroatoms. The molecule has 0 aliphatic carbocycles. The Labute approximate surface area is 132 Å². The van der Waals surface area contributed by atoms with E-state index in [0.29, 0.717) is 12.6 Å². The molecule has 22 heavy (non-hydrogen) atoms. The van der Waals surface area contributed by atoms with Crippen molar-refractivity contribution in [1.82, 2.24) is 5.32 Å². The summed E-state index contributed by atoms with van der Waals surface area (Å²) in [7, 11) is 1.68. The largest absolute Gasteiger partial charge is 0.493 e. The second kappa shape index (κ2) is 7.32. The molecule has 1 heterocycles. The molecule has 1 atom stereocenters. The molecule has 1 unspecified atom stereocenters. The third-order valence-electron chi connectivity index (χ3n) is 4.14. The Kier molecular flexibility index (Phi) is 4.96. The van der Waals surface area contributed by atoms with Crippen LogP contribution in [0.5, 0.6) is 11.5 Å². The molecule has 2 aromatic rings. The predicted octanol–water partition coefficient (Wildman–Crippen LogP) is 4.09. The fourth-order valence-electron chi connectivity index (χ4n) is 2.89. The molecule has 0 saturated carbocycles. The van der Waals surface area contributed by atoms with Crippen molar-refractivity contribution in [2.45, 2.75) is 31.9 Å². The molecule has 1 aliphatic heterocycles. The lowest BCUT2D eigenvalue weighted by Crippen LogP contribution is -2.26. The topological polar surface area (TPSA) is 30.5 Å². The van der Waals surface area contributed by atoms with Gasteiger partial charge in [-0.3, -0.25) is 0 Å². The van der Waals surface area contributed by atoms with Gasteiger partial charge in [-0.15, -0.1) is 0 Å². The molecular weight excluding hydrogens is 274 g/mol. The van der Waals surface area contributed by atoms with Crippen LogP contribution in [0.4, 0.5) is 0 Å². The highest BCUT2D eigenvalue weighted by Crippen LogP contribution is 2.33. The van der Waals surface area contributed by atoms with Gasteiger partial charge in [0.1, 0.15) is 6.61 Å². The summed E-state index contributed by atoms with van der Waals surface area (Å²) >= 11 is 0. The number of rotatable bonds is 5. The highest BCUT2D eigenvalue weighted by atomic mass is 16.5. The molecule has 1 aliphatic rings. The van der Waals surface area contributed by atoms with Crippen LogP contribution < -0.4 is 14.8 Å². The smallest absolute Gasteiger partial charge is 0.161 e. The summed E-state index contributed by atoms with van der Waals surface area (Å²) in [5.74, 6) is 1.60. The summed E-state index contributed by atoms with van der Waals surface area (Å²) in [5, 5.41) is 3.58. The number of hydrogen-bond donors (Lipinski definition) is 1. The maximum Gasteiger partial charge on any atom is 0.161 e. The van der Waals surface area contributed by atoms with Crippen molar-refractivity contribution in [3.8, 4) is 11.5 Å². The van der Waals surface area contributed by atoms with Crippen molar-refractivity contribution in [2.75, 3.05) is 13.7 Å². The van der Waals surface area contributed by atoms with E-state index in [1.807, 2.05) is 24.3 Å². The highest BCUT2D eigenvalue weighted by molar-refractivity contribution is 5.44. The molecule has 3 nitrogen and oxygen atoms in total. The molecule has 2 aromatic carbocycles. The van der Waals surface area contributed by atoms with Crippen molar-refractivity contribution in [1.29, 1.82) is 0 Å². The van der Waals surface area contributed by atoms with Crippen molar-refractivity contribution in [3.05, 3.63) is 59.7 Å². The molecule has 0 radical (unpaired) electrons. The normalized spacial score (nSPS) is 18.0. The minimum atomic E-state index is 0.429. The van der Waals surface area contributed by atoms with Crippen LogP contribution in [0.2, 0.25) is 0 Å². The van der Waals surface area contributed by atoms with E-state index in [-0.39, 0.29) is 0 Å². The first-order valence-electron chi connectivity index (χ1n) is 7.95. The Balaban J connectivity index is 1.75. The third kappa shape index (κ3) is 3.60. The van der Waals surface area contributed by atoms with Gasteiger partial charge in [0.15, 0.2) is 11.5 Å². The van der Waals surface area contributed by atoms with Gasteiger partial charge < -0.3 is 14.8 Å². The molecular formula is C19H23NO2. The maximum absolute atomic E-state index is 5.99. The van der Waals surface area contributed by atoms with Crippen LogP contribution in [0.15, 0.2) is 48.5 Å². The number of ether oxygens (including phenoxy) is 2. The highest BCUT2D eigenvalue weighted by Gasteiger charge is 2.16. The lowest BCUT2D eigenvalue weighted by atomic mass is 9.97. The molecule has 116 valence electrons. The lowest BCUT2D eigenvalue weighted by molar-refractivity contribution is 0.283. The second-order valence-electron chi connectivity index (χ2n) is 5.69. The minimum Gasteiger partial charge on any atom is -0.493 e. The van der Waals surface area contributed by atoms with E-state index in [0.717, 1.165) is 23.6 Å². The summed E-state index contributed by atoms with van der Waals surface area (Å²) in [6.07, 6.45) is 3.73. The number of hydrogen-bond acceptors (Lipinski definition) is 3. The molecule has 3 rings (SSSR count). The monoisotopic (exact) mass is 297 g/mol. The first-order valence-corrected chi connectivity index (χ1v) is 7.95. The fourth-order valence-corrected chi connectivity index (χ4v) is 2.89. The van der Waals surface area contributed by atoms with Gasteiger partial charge >= 0.3 is 0 Å². The van der Waals surface area contributed by atoms with Gasteiger partial charge in [0.2, 0.25) is 0 Å². The molecule has 0 aromatic heterocycles. The van der Waals surface area contributed by atoms with E-state index in [4.69, 9.17) is 9.47 Å². The Morgan fingerprint density at radius 3 is 2.64 bits per heavy atom. The van der Waals surface area contributed by atoms with Crippen LogP contribution in [0.25, 0.3) is 0 Å². The van der Waals surface area contributed by atoms with Crippen LogP contribution in [-0.2, 0) is 6.61 Å². The molecule has 0 bridgehead atoms. The van der Waals surface area contributed by atoms with Gasteiger partial charge in [-0.05, 0) is 42.6 Å². The second-order valence-corrected chi connectivity index (χ2v) is 5.69. The summed E-state index contributed by atoms with van der Waals surface area (Å²) < 4.78 is 11.4. The van der Waals surface area contributed by atoms with Gasteiger partial charge in [0, 0.05) is 6.04 Å². The molecule has 0 amide bonds. The van der Waals surface area contributed by atoms with Crippen LogP contribution in [0.1, 0.15) is 36.4 Å². The van der Waals surface area contributed by atoms with Crippen molar-refractivity contribution in [3.63, 3.8) is 0 Å². The SMILES string of the molecule is COc1ccc(C2CCCCN2)cc1OCc1ccccc1. The van der Waals surface area contributed by atoms with Gasteiger partial charge in [-0.1, -0.05) is 42.8 Å². The van der Waals surface area contributed by atoms with Crippen LogP contribution in [0, 0.1) is 0 Å². The minimum absolute atomic E-state index is 0.429. The predicted molar refractivity (Wildman–Crippen MR) is 88.4 cm³/mol. The van der Waals surface area contributed by atoms with Gasteiger partial charge in [0.25, 0.3) is 0 Å². The molecule has 1 N–H and O–H groups in total. The first-order chi connectivity index (χ1) is 10.9. The maximum atomic E-state index is 5.99. The molecule has 1 saturated heterocycles. The zero-order chi connectivity index (χ0) is 15.2. The van der Waals surface area contributed by atoms with Gasteiger partial charge in [-0.25, -0.2) is 0 Å². The molecule has 0 spiro atoms. The Morgan fingerprint density at radius 1 is 1.05 bits per heavy atom. The summed E-state index contributed by atoms with van der Waals surface area (Å²) in [4.78, 5) is 0. The van der Waals surface area contributed by atoms with Crippen LogP contribution in [0.3, 0.4) is 0 Å². The van der Waals surface area contributed by atoms with E-state index >= 15 is 0 Å². The third-order valence-corrected chi connectivity index (χ3v) is 4.14. The van der Waals surface area contributed by atoms with E-state index in [2.05, 4.69) is 29.6 Å². The summed E-state index contributed by atoms with van der Waals surface area (Å²) in [6.45, 7) is 1.65. The first kappa shape index (κ1) is 14.9. The van der Waals surface area contributed by atoms with E-state index in [1.165, 1.54) is 24.8 Å². The summed E-state index contributed by atoms with van der Waals surface area (Å²) in [6, 6.07) is 16.9. The van der Waals surface area contributed by atoms with E-state index in [9.17, 15) is 0 Å². The van der Waals surface area contributed by atoms with Crippen molar-refractivity contribution in [2.24, 2.45) is 0 Å². The number of methoxy groups -OCH3 is 1. The summed E-state index contributed by atoms with van der Waals surface area (Å²) in [5.41, 5.74) is 2.44. The number of nitrogens with one attached hydrogen (secondary N) is 1. The number of benzene rings is 2.